The smallest absolute Gasteiger partial charge is 0.251 e. The Hall–Kier alpha value is -4.04. The summed E-state index contributed by atoms with van der Waals surface area (Å²) in [5.41, 5.74) is 4.38. The van der Waals surface area contributed by atoms with Gasteiger partial charge in [0.2, 0.25) is 5.91 Å². The minimum absolute atomic E-state index is 0.129. The van der Waals surface area contributed by atoms with Crippen LogP contribution in [-0.4, -0.2) is 34.2 Å². The summed E-state index contributed by atoms with van der Waals surface area (Å²) in [6, 6.07) is 22.5. The van der Waals surface area contributed by atoms with E-state index >= 15 is 0 Å². The third kappa shape index (κ3) is 6.51. The Morgan fingerprint density at radius 3 is 2.37 bits per heavy atom. The molecule has 1 heterocycles. The summed E-state index contributed by atoms with van der Waals surface area (Å²) in [4.78, 5) is 29.3. The van der Waals surface area contributed by atoms with Gasteiger partial charge in [0.25, 0.3) is 5.91 Å². The average molecular weight is 487 g/mol. The van der Waals surface area contributed by atoms with Gasteiger partial charge in [0.1, 0.15) is 5.75 Å². The van der Waals surface area contributed by atoms with Crippen molar-refractivity contribution in [3.63, 3.8) is 0 Å². The minimum atomic E-state index is -0.132. The van der Waals surface area contributed by atoms with Gasteiger partial charge in [0.15, 0.2) is 5.16 Å². The molecule has 2 N–H and O–H groups in total. The van der Waals surface area contributed by atoms with Gasteiger partial charge in [-0.15, -0.1) is 0 Å². The number of aryl methyl sites for hydroxylation is 1. The Labute approximate surface area is 208 Å². The summed E-state index contributed by atoms with van der Waals surface area (Å²) in [5, 5.41) is 6.50. The summed E-state index contributed by atoms with van der Waals surface area (Å²) in [6.07, 6.45) is 3.52. The van der Waals surface area contributed by atoms with Crippen LogP contribution in [0.3, 0.4) is 0 Å². The molecule has 7 nitrogen and oxygen atoms in total. The van der Waals surface area contributed by atoms with Gasteiger partial charge in [0, 0.05) is 35.9 Å². The molecular formula is C27H26N4O3S. The first-order valence-corrected chi connectivity index (χ1v) is 12.0. The predicted molar refractivity (Wildman–Crippen MR) is 138 cm³/mol. The highest BCUT2D eigenvalue weighted by Gasteiger charge is 2.11. The first-order chi connectivity index (χ1) is 17.0. The van der Waals surface area contributed by atoms with Gasteiger partial charge in [-0.2, -0.15) is 0 Å². The van der Waals surface area contributed by atoms with Gasteiger partial charge in [-0.25, -0.2) is 4.98 Å². The van der Waals surface area contributed by atoms with Gasteiger partial charge < -0.3 is 15.4 Å². The minimum Gasteiger partial charge on any atom is -0.497 e. The molecule has 8 heteroatoms. The number of rotatable bonds is 9. The van der Waals surface area contributed by atoms with Crippen LogP contribution in [0.2, 0.25) is 0 Å². The van der Waals surface area contributed by atoms with Gasteiger partial charge in [0.05, 0.1) is 12.9 Å². The number of ether oxygens (including phenoxy) is 1. The molecule has 0 fully saturated rings. The van der Waals surface area contributed by atoms with E-state index < -0.39 is 0 Å². The van der Waals surface area contributed by atoms with Crippen LogP contribution in [0.15, 0.2) is 90.3 Å². The molecule has 0 atom stereocenters. The van der Waals surface area contributed by atoms with Crippen LogP contribution in [0.25, 0.3) is 5.69 Å². The molecule has 0 aliphatic rings. The van der Waals surface area contributed by atoms with Crippen molar-refractivity contribution in [2.24, 2.45) is 0 Å². The van der Waals surface area contributed by atoms with Crippen molar-refractivity contribution in [3.8, 4) is 11.4 Å². The van der Waals surface area contributed by atoms with Crippen LogP contribution in [-0.2, 0) is 11.3 Å². The van der Waals surface area contributed by atoms with Crippen molar-refractivity contribution in [2.45, 2.75) is 18.6 Å². The maximum absolute atomic E-state index is 12.5. The zero-order valence-electron chi connectivity index (χ0n) is 19.5. The fourth-order valence-corrected chi connectivity index (χ4v) is 4.13. The van der Waals surface area contributed by atoms with Crippen LogP contribution < -0.4 is 15.4 Å². The molecule has 0 unspecified atom stereocenters. The number of aromatic nitrogens is 2. The molecule has 178 valence electrons. The van der Waals surface area contributed by atoms with Crippen molar-refractivity contribution in [3.05, 3.63) is 102 Å². The first-order valence-electron chi connectivity index (χ1n) is 11.1. The van der Waals surface area contributed by atoms with E-state index in [1.807, 2.05) is 54.1 Å². The molecule has 2 amide bonds. The second kappa shape index (κ2) is 11.4. The Morgan fingerprint density at radius 2 is 1.69 bits per heavy atom. The monoisotopic (exact) mass is 486 g/mol. The summed E-state index contributed by atoms with van der Waals surface area (Å²) in [5.74, 6) is 0.680. The number of methoxy groups -OCH3 is 1. The van der Waals surface area contributed by atoms with Gasteiger partial charge in [-0.1, -0.05) is 41.6 Å². The largest absolute Gasteiger partial charge is 0.497 e. The highest BCUT2D eigenvalue weighted by atomic mass is 32.2. The highest BCUT2D eigenvalue weighted by Crippen LogP contribution is 2.22. The number of imidazole rings is 1. The standard InChI is InChI=1S/C27H26N4O3S/c1-19-3-5-20(6-4-19)17-29-26(33)21-7-11-23(12-8-21)31-16-15-28-27(31)35-18-25(32)30-22-9-13-24(34-2)14-10-22/h3-16H,17-18H2,1-2H3,(H,29,33)(H,30,32). The van der Waals surface area contributed by atoms with E-state index in [0.717, 1.165) is 17.0 Å². The molecule has 4 aromatic rings. The van der Waals surface area contributed by atoms with E-state index in [2.05, 4.69) is 15.6 Å². The van der Waals surface area contributed by atoms with E-state index in [1.54, 1.807) is 49.7 Å². The van der Waals surface area contributed by atoms with E-state index in [-0.39, 0.29) is 17.6 Å². The molecule has 0 aliphatic carbocycles. The van der Waals surface area contributed by atoms with Crippen LogP contribution >= 0.6 is 11.8 Å². The van der Waals surface area contributed by atoms with Gasteiger partial charge in [-0.05, 0) is 61.0 Å². The number of thioether (sulfide) groups is 1. The number of carbonyl (C=O) groups excluding carboxylic acids is 2. The third-order valence-electron chi connectivity index (χ3n) is 5.29. The second-order valence-electron chi connectivity index (χ2n) is 7.86. The maximum atomic E-state index is 12.5. The fourth-order valence-electron chi connectivity index (χ4n) is 3.36. The molecule has 0 bridgehead atoms. The lowest BCUT2D eigenvalue weighted by atomic mass is 10.1. The number of anilines is 1. The molecule has 3 aromatic carbocycles. The number of nitrogens with zero attached hydrogens (tertiary/aromatic N) is 2. The van der Waals surface area contributed by atoms with Crippen LogP contribution in [0.1, 0.15) is 21.5 Å². The van der Waals surface area contributed by atoms with Crippen molar-refractivity contribution in [1.82, 2.24) is 14.9 Å². The summed E-state index contributed by atoms with van der Waals surface area (Å²) in [7, 11) is 1.60. The number of hydrogen-bond donors (Lipinski definition) is 2. The van der Waals surface area contributed by atoms with Crippen molar-refractivity contribution < 1.29 is 14.3 Å². The normalized spacial score (nSPS) is 10.6. The van der Waals surface area contributed by atoms with Crippen LogP contribution in [0, 0.1) is 6.92 Å². The molecule has 35 heavy (non-hydrogen) atoms. The lowest BCUT2D eigenvalue weighted by Crippen LogP contribution is -2.22. The van der Waals surface area contributed by atoms with E-state index in [0.29, 0.717) is 23.0 Å². The fraction of sp³-hybridized carbons (Fsp3) is 0.148. The molecule has 0 radical (unpaired) electrons. The molecular weight excluding hydrogens is 460 g/mol. The van der Waals surface area contributed by atoms with Crippen molar-refractivity contribution in [1.29, 1.82) is 0 Å². The lowest BCUT2D eigenvalue weighted by molar-refractivity contribution is -0.113. The molecule has 0 saturated heterocycles. The number of amides is 2. The van der Waals surface area contributed by atoms with Crippen LogP contribution in [0.4, 0.5) is 5.69 Å². The Balaban J connectivity index is 1.32. The lowest BCUT2D eigenvalue weighted by Gasteiger charge is -2.10. The van der Waals surface area contributed by atoms with Gasteiger partial charge >= 0.3 is 0 Å². The SMILES string of the molecule is COc1ccc(NC(=O)CSc2nccn2-c2ccc(C(=O)NCc3ccc(C)cc3)cc2)cc1. The molecule has 4 rings (SSSR count). The zero-order valence-corrected chi connectivity index (χ0v) is 20.3. The number of nitrogens with one attached hydrogen (secondary N) is 2. The number of carbonyl (C=O) groups is 2. The quantitative estimate of drug-likeness (QED) is 0.330. The van der Waals surface area contributed by atoms with Crippen molar-refractivity contribution >= 4 is 29.3 Å². The molecule has 0 aliphatic heterocycles. The number of hydrogen-bond acceptors (Lipinski definition) is 5. The molecule has 0 saturated carbocycles. The summed E-state index contributed by atoms with van der Waals surface area (Å²) >= 11 is 1.34. The molecule has 0 spiro atoms. The maximum Gasteiger partial charge on any atom is 0.251 e. The Morgan fingerprint density at radius 1 is 0.971 bits per heavy atom. The van der Waals surface area contributed by atoms with Crippen LogP contribution in [0.5, 0.6) is 5.75 Å². The Kier molecular flexibility index (Phi) is 7.84. The highest BCUT2D eigenvalue weighted by molar-refractivity contribution is 7.99. The molecule has 1 aromatic heterocycles. The van der Waals surface area contributed by atoms with E-state index in [1.165, 1.54) is 17.3 Å². The summed E-state index contributed by atoms with van der Waals surface area (Å²) in [6.45, 7) is 2.51. The van der Waals surface area contributed by atoms with Gasteiger partial charge in [-0.3, -0.25) is 14.2 Å². The summed E-state index contributed by atoms with van der Waals surface area (Å²) < 4.78 is 7.02. The third-order valence-corrected chi connectivity index (χ3v) is 6.26. The first kappa shape index (κ1) is 24.1. The van der Waals surface area contributed by atoms with E-state index in [4.69, 9.17) is 4.74 Å². The zero-order chi connectivity index (χ0) is 24.6. The Bertz CT molecular complexity index is 1280. The predicted octanol–water partition coefficient (Wildman–Crippen LogP) is 4.85. The topological polar surface area (TPSA) is 85.2 Å². The average Bonchev–Trinajstić information content (AvgIpc) is 3.36. The number of benzene rings is 3. The van der Waals surface area contributed by atoms with Crippen molar-refractivity contribution in [2.75, 3.05) is 18.2 Å². The van der Waals surface area contributed by atoms with E-state index in [9.17, 15) is 9.59 Å². The second-order valence-corrected chi connectivity index (χ2v) is 8.80.